The van der Waals surface area contributed by atoms with Crippen LogP contribution in [0.15, 0.2) is 71.3 Å². The summed E-state index contributed by atoms with van der Waals surface area (Å²) < 4.78 is 11.1. The van der Waals surface area contributed by atoms with Crippen LogP contribution in [0.3, 0.4) is 0 Å². The number of nitrogens with one attached hydrogen (secondary N) is 2. The van der Waals surface area contributed by atoms with E-state index in [0.29, 0.717) is 0 Å². The molecule has 0 saturated heterocycles. The molecular formula is C21H22N2O3. The molecule has 1 heterocycles. The lowest BCUT2D eigenvalue weighted by molar-refractivity contribution is -0.115. The topological polar surface area (TPSA) is 63.5 Å². The number of rotatable bonds is 7. The molecule has 0 aliphatic carbocycles. The summed E-state index contributed by atoms with van der Waals surface area (Å²) in [6.45, 7) is 4.18. The van der Waals surface area contributed by atoms with Gasteiger partial charge in [-0.05, 0) is 62.4 Å². The number of anilines is 1. The molecule has 26 heavy (non-hydrogen) atoms. The van der Waals surface area contributed by atoms with Crippen molar-refractivity contribution in [3.63, 3.8) is 0 Å². The lowest BCUT2D eigenvalue weighted by Crippen LogP contribution is -2.29. The highest BCUT2D eigenvalue weighted by Crippen LogP contribution is 2.23. The number of amides is 1. The Kier molecular flexibility index (Phi) is 5.71. The van der Waals surface area contributed by atoms with Crippen LogP contribution in [-0.4, -0.2) is 12.5 Å². The van der Waals surface area contributed by atoms with E-state index in [1.165, 1.54) is 5.56 Å². The zero-order chi connectivity index (χ0) is 18.4. The molecule has 2 N–H and O–H groups in total. The van der Waals surface area contributed by atoms with Gasteiger partial charge in [-0.1, -0.05) is 17.7 Å². The minimum atomic E-state index is -0.115. The highest BCUT2D eigenvalue weighted by Gasteiger charge is 2.10. The number of hydrogen-bond acceptors (Lipinski definition) is 4. The summed E-state index contributed by atoms with van der Waals surface area (Å²) in [5.41, 5.74) is 1.91. The standard InChI is InChI=1S/C21H22N2O3/c1-15-5-9-18(10-6-15)26-19-11-7-17(8-12-19)23-21(24)14-22-16(2)20-4-3-13-25-20/h3-13,16,22H,14H2,1-2H3,(H,23,24)/t16-/m0/s1. The molecule has 2 aromatic carbocycles. The molecule has 3 aromatic rings. The van der Waals surface area contributed by atoms with Gasteiger partial charge in [-0.25, -0.2) is 0 Å². The molecule has 5 heteroatoms. The summed E-state index contributed by atoms with van der Waals surface area (Å²) >= 11 is 0. The Morgan fingerprint density at radius 2 is 1.69 bits per heavy atom. The second-order valence-corrected chi connectivity index (χ2v) is 6.11. The van der Waals surface area contributed by atoms with Crippen molar-refractivity contribution in [1.82, 2.24) is 5.32 Å². The first kappa shape index (κ1) is 17.8. The van der Waals surface area contributed by atoms with Gasteiger partial charge in [-0.2, -0.15) is 0 Å². The summed E-state index contributed by atoms with van der Waals surface area (Å²) in [4.78, 5) is 12.1. The largest absolute Gasteiger partial charge is 0.468 e. The molecule has 0 spiro atoms. The van der Waals surface area contributed by atoms with Gasteiger partial charge in [0.25, 0.3) is 0 Å². The lowest BCUT2D eigenvalue weighted by atomic mass is 10.2. The molecule has 0 unspecified atom stereocenters. The number of aryl methyl sites for hydroxylation is 1. The summed E-state index contributed by atoms with van der Waals surface area (Å²) in [6, 6.07) is 18.8. The van der Waals surface area contributed by atoms with Gasteiger partial charge < -0.3 is 14.5 Å². The molecule has 0 aliphatic heterocycles. The quantitative estimate of drug-likeness (QED) is 0.650. The first-order chi connectivity index (χ1) is 12.6. The van der Waals surface area contributed by atoms with E-state index < -0.39 is 0 Å². The molecule has 0 saturated carbocycles. The number of carbonyl (C=O) groups excluding carboxylic acids is 1. The fraction of sp³-hybridized carbons (Fsp3) is 0.190. The van der Waals surface area contributed by atoms with Crippen LogP contribution in [-0.2, 0) is 4.79 Å². The molecule has 3 rings (SSSR count). The third kappa shape index (κ3) is 4.97. The van der Waals surface area contributed by atoms with Crippen LogP contribution in [0.1, 0.15) is 24.3 Å². The van der Waals surface area contributed by atoms with Crippen molar-refractivity contribution in [2.45, 2.75) is 19.9 Å². The maximum Gasteiger partial charge on any atom is 0.238 e. The fourth-order valence-corrected chi connectivity index (χ4v) is 2.44. The van der Waals surface area contributed by atoms with E-state index in [4.69, 9.17) is 9.15 Å². The second-order valence-electron chi connectivity index (χ2n) is 6.11. The number of ether oxygens (including phenoxy) is 1. The number of hydrogen-bond donors (Lipinski definition) is 2. The Morgan fingerprint density at radius 3 is 2.31 bits per heavy atom. The van der Waals surface area contributed by atoms with Crippen LogP contribution in [0.2, 0.25) is 0 Å². The Bertz CT molecular complexity index is 825. The summed E-state index contributed by atoms with van der Waals surface area (Å²) in [5, 5.41) is 5.98. The van der Waals surface area contributed by atoms with Gasteiger partial charge in [-0.15, -0.1) is 0 Å². The number of benzene rings is 2. The molecular weight excluding hydrogens is 328 g/mol. The average molecular weight is 350 g/mol. The van der Waals surface area contributed by atoms with E-state index >= 15 is 0 Å². The van der Waals surface area contributed by atoms with Crippen LogP contribution < -0.4 is 15.4 Å². The molecule has 5 nitrogen and oxygen atoms in total. The maximum atomic E-state index is 12.1. The highest BCUT2D eigenvalue weighted by molar-refractivity contribution is 5.92. The molecule has 0 bridgehead atoms. The van der Waals surface area contributed by atoms with E-state index in [2.05, 4.69) is 10.6 Å². The molecule has 134 valence electrons. The minimum absolute atomic E-state index is 0.0268. The van der Waals surface area contributed by atoms with Crippen molar-refractivity contribution in [2.75, 3.05) is 11.9 Å². The van der Waals surface area contributed by atoms with E-state index in [1.54, 1.807) is 6.26 Å². The fourth-order valence-electron chi connectivity index (χ4n) is 2.44. The molecule has 0 radical (unpaired) electrons. The smallest absolute Gasteiger partial charge is 0.238 e. The third-order valence-corrected chi connectivity index (χ3v) is 3.93. The summed E-state index contributed by atoms with van der Waals surface area (Å²) in [7, 11) is 0. The average Bonchev–Trinajstić information content (AvgIpc) is 3.18. The maximum absolute atomic E-state index is 12.1. The van der Waals surface area contributed by atoms with Gasteiger partial charge in [0.05, 0.1) is 18.8 Å². The van der Waals surface area contributed by atoms with E-state index in [9.17, 15) is 4.79 Å². The predicted octanol–water partition coefficient (Wildman–Crippen LogP) is 4.67. The van der Waals surface area contributed by atoms with Crippen molar-refractivity contribution in [2.24, 2.45) is 0 Å². The van der Waals surface area contributed by atoms with Crippen LogP contribution in [0, 0.1) is 6.92 Å². The zero-order valence-corrected chi connectivity index (χ0v) is 14.9. The summed E-state index contributed by atoms with van der Waals surface area (Å²) in [6.07, 6.45) is 1.62. The zero-order valence-electron chi connectivity index (χ0n) is 14.9. The summed E-state index contributed by atoms with van der Waals surface area (Å²) in [5.74, 6) is 2.19. The predicted molar refractivity (Wildman–Crippen MR) is 101 cm³/mol. The van der Waals surface area contributed by atoms with Crippen LogP contribution in [0.4, 0.5) is 5.69 Å². The number of furan rings is 1. The minimum Gasteiger partial charge on any atom is -0.468 e. The molecule has 1 aromatic heterocycles. The van der Waals surface area contributed by atoms with E-state index in [-0.39, 0.29) is 18.5 Å². The molecule has 0 aliphatic rings. The van der Waals surface area contributed by atoms with Crippen LogP contribution >= 0.6 is 0 Å². The van der Waals surface area contributed by atoms with Crippen molar-refractivity contribution in [3.05, 3.63) is 78.3 Å². The lowest BCUT2D eigenvalue weighted by Gasteiger charge is -2.12. The van der Waals surface area contributed by atoms with E-state index in [1.807, 2.05) is 74.5 Å². The highest BCUT2D eigenvalue weighted by atomic mass is 16.5. The Labute approximate surface area is 153 Å². The second kappa shape index (κ2) is 8.36. The Hall–Kier alpha value is -3.05. The Balaban J connectivity index is 1.49. The Morgan fingerprint density at radius 1 is 1.04 bits per heavy atom. The van der Waals surface area contributed by atoms with Gasteiger partial charge in [-0.3, -0.25) is 10.1 Å². The van der Waals surface area contributed by atoms with E-state index in [0.717, 1.165) is 22.9 Å². The number of carbonyl (C=O) groups is 1. The third-order valence-electron chi connectivity index (χ3n) is 3.93. The van der Waals surface area contributed by atoms with Gasteiger partial charge in [0, 0.05) is 5.69 Å². The van der Waals surface area contributed by atoms with Gasteiger partial charge in [0.15, 0.2) is 0 Å². The molecule has 0 fully saturated rings. The van der Waals surface area contributed by atoms with Crippen molar-refractivity contribution in [1.29, 1.82) is 0 Å². The van der Waals surface area contributed by atoms with Crippen molar-refractivity contribution < 1.29 is 13.9 Å². The van der Waals surface area contributed by atoms with Gasteiger partial charge >= 0.3 is 0 Å². The SMILES string of the molecule is Cc1ccc(Oc2ccc(NC(=O)CN[C@@H](C)c3ccco3)cc2)cc1. The van der Waals surface area contributed by atoms with Crippen LogP contribution in [0.25, 0.3) is 0 Å². The molecule has 1 amide bonds. The van der Waals surface area contributed by atoms with Crippen LogP contribution in [0.5, 0.6) is 11.5 Å². The van der Waals surface area contributed by atoms with Gasteiger partial charge in [0.1, 0.15) is 17.3 Å². The van der Waals surface area contributed by atoms with Crippen molar-refractivity contribution in [3.8, 4) is 11.5 Å². The van der Waals surface area contributed by atoms with Crippen molar-refractivity contribution >= 4 is 11.6 Å². The molecule has 1 atom stereocenters. The first-order valence-electron chi connectivity index (χ1n) is 8.51. The monoisotopic (exact) mass is 350 g/mol. The normalized spacial score (nSPS) is 11.8. The first-order valence-corrected chi connectivity index (χ1v) is 8.51. The van der Waals surface area contributed by atoms with Gasteiger partial charge in [0.2, 0.25) is 5.91 Å².